The van der Waals surface area contributed by atoms with Crippen molar-refractivity contribution in [3.63, 3.8) is 0 Å². The van der Waals surface area contributed by atoms with Gasteiger partial charge >= 0.3 is 6.03 Å². The van der Waals surface area contributed by atoms with Crippen LogP contribution >= 0.6 is 11.6 Å². The van der Waals surface area contributed by atoms with Gasteiger partial charge in [0.25, 0.3) is 0 Å². The van der Waals surface area contributed by atoms with Crippen LogP contribution in [0, 0.1) is 5.82 Å². The van der Waals surface area contributed by atoms with Gasteiger partial charge in [-0.25, -0.2) is 14.2 Å². The normalized spacial score (nSPS) is 13.3. The maximum Gasteiger partial charge on any atom is 0.327 e. The maximum atomic E-state index is 13.1. The van der Waals surface area contributed by atoms with Crippen molar-refractivity contribution in [2.24, 2.45) is 0 Å². The molecule has 1 N–H and O–H groups in total. The first kappa shape index (κ1) is 13.6. The molecule has 108 valence electrons. The summed E-state index contributed by atoms with van der Waals surface area (Å²) in [6.45, 7) is 0.765. The summed E-state index contributed by atoms with van der Waals surface area (Å²) in [7, 11) is 0. The number of ether oxygens (including phenoxy) is 1. The third-order valence-corrected chi connectivity index (χ3v) is 3.28. The number of aromatic nitrogens is 1. The fourth-order valence-corrected chi connectivity index (χ4v) is 2.19. The molecule has 0 radical (unpaired) electrons. The second-order valence-electron chi connectivity index (χ2n) is 4.38. The van der Waals surface area contributed by atoms with E-state index in [2.05, 4.69) is 10.3 Å². The molecular weight excluding hydrogens is 297 g/mol. The van der Waals surface area contributed by atoms with Gasteiger partial charge in [0.15, 0.2) is 11.6 Å². The van der Waals surface area contributed by atoms with E-state index < -0.39 is 5.82 Å². The van der Waals surface area contributed by atoms with Crippen molar-refractivity contribution in [3.05, 3.63) is 47.4 Å². The minimum atomic E-state index is -0.534. The van der Waals surface area contributed by atoms with Gasteiger partial charge in [-0.2, -0.15) is 0 Å². The van der Waals surface area contributed by atoms with E-state index in [0.29, 0.717) is 30.4 Å². The number of benzene rings is 1. The van der Waals surface area contributed by atoms with Crippen LogP contribution in [0.1, 0.15) is 0 Å². The first-order valence-electron chi connectivity index (χ1n) is 6.26. The summed E-state index contributed by atoms with van der Waals surface area (Å²) >= 11 is 5.69. The molecule has 1 aliphatic heterocycles. The molecule has 0 fully saturated rings. The van der Waals surface area contributed by atoms with Crippen LogP contribution in [0.2, 0.25) is 5.02 Å². The summed E-state index contributed by atoms with van der Waals surface area (Å²) in [4.78, 5) is 17.9. The second-order valence-corrected chi connectivity index (χ2v) is 4.79. The Morgan fingerprint density at radius 1 is 1.43 bits per heavy atom. The first-order chi connectivity index (χ1) is 10.1. The lowest BCUT2D eigenvalue weighted by Gasteiger charge is -2.28. The Hall–Kier alpha value is -2.34. The molecule has 7 heteroatoms. The molecule has 0 aliphatic carbocycles. The number of hydrogen-bond donors (Lipinski definition) is 1. The highest BCUT2D eigenvalue weighted by atomic mass is 35.5. The van der Waals surface area contributed by atoms with Crippen molar-refractivity contribution in [2.45, 2.75) is 0 Å². The van der Waals surface area contributed by atoms with Crippen LogP contribution in [0.5, 0.6) is 5.75 Å². The summed E-state index contributed by atoms with van der Waals surface area (Å²) in [5.74, 6) is 0.471. The molecule has 0 bridgehead atoms. The van der Waals surface area contributed by atoms with E-state index >= 15 is 0 Å². The highest BCUT2D eigenvalue weighted by Gasteiger charge is 2.24. The molecule has 0 saturated heterocycles. The minimum Gasteiger partial charge on any atom is -0.488 e. The van der Waals surface area contributed by atoms with E-state index in [4.69, 9.17) is 16.3 Å². The summed E-state index contributed by atoms with van der Waals surface area (Å²) in [6.07, 6.45) is 1.59. The third-order valence-electron chi connectivity index (χ3n) is 3.00. The van der Waals surface area contributed by atoms with Crippen LogP contribution in [0.4, 0.5) is 20.7 Å². The van der Waals surface area contributed by atoms with Gasteiger partial charge in [0.2, 0.25) is 0 Å². The molecule has 0 spiro atoms. The van der Waals surface area contributed by atoms with E-state index in [9.17, 15) is 9.18 Å². The molecule has 2 heterocycles. The van der Waals surface area contributed by atoms with Gasteiger partial charge in [-0.15, -0.1) is 0 Å². The van der Waals surface area contributed by atoms with Gasteiger partial charge in [-0.3, -0.25) is 4.90 Å². The Bertz CT molecular complexity index is 696. The summed E-state index contributed by atoms with van der Waals surface area (Å²) < 4.78 is 18.5. The molecule has 2 aromatic rings. The van der Waals surface area contributed by atoms with Crippen molar-refractivity contribution in [3.8, 4) is 5.75 Å². The van der Waals surface area contributed by atoms with Crippen LogP contribution in [-0.2, 0) is 0 Å². The number of rotatable bonds is 1. The average molecular weight is 308 g/mol. The number of pyridine rings is 1. The molecule has 0 atom stereocenters. The summed E-state index contributed by atoms with van der Waals surface area (Å²) in [6, 6.07) is 7.11. The fraction of sp³-hybridized carbons (Fsp3) is 0.143. The van der Waals surface area contributed by atoms with Crippen molar-refractivity contribution < 1.29 is 13.9 Å². The minimum absolute atomic E-state index is 0.0479. The quantitative estimate of drug-likeness (QED) is 0.879. The van der Waals surface area contributed by atoms with Crippen LogP contribution in [0.15, 0.2) is 36.5 Å². The highest BCUT2D eigenvalue weighted by molar-refractivity contribution is 6.31. The number of nitrogens with one attached hydrogen (secondary N) is 1. The SMILES string of the molecule is O=C(Nc1ccc(F)c(Cl)c1)N1CCOc2cccnc21. The third kappa shape index (κ3) is 2.75. The van der Waals surface area contributed by atoms with Gasteiger partial charge in [0.1, 0.15) is 12.4 Å². The second kappa shape index (κ2) is 5.57. The van der Waals surface area contributed by atoms with Gasteiger partial charge in [0, 0.05) is 11.9 Å². The number of urea groups is 1. The van der Waals surface area contributed by atoms with E-state index in [0.717, 1.165) is 0 Å². The lowest BCUT2D eigenvalue weighted by Crippen LogP contribution is -2.41. The molecule has 1 aromatic heterocycles. The van der Waals surface area contributed by atoms with Gasteiger partial charge in [-0.1, -0.05) is 11.6 Å². The molecule has 5 nitrogen and oxygen atoms in total. The first-order valence-corrected chi connectivity index (χ1v) is 6.64. The predicted octanol–water partition coefficient (Wildman–Crippen LogP) is 3.31. The molecule has 21 heavy (non-hydrogen) atoms. The van der Waals surface area contributed by atoms with Crippen molar-refractivity contribution >= 4 is 29.1 Å². The van der Waals surface area contributed by atoms with Gasteiger partial charge in [-0.05, 0) is 30.3 Å². The Kier molecular flexibility index (Phi) is 3.62. The number of carbonyl (C=O) groups is 1. The average Bonchev–Trinajstić information content (AvgIpc) is 2.50. The number of halogens is 2. The molecule has 0 saturated carbocycles. The Morgan fingerprint density at radius 2 is 2.29 bits per heavy atom. The zero-order valence-electron chi connectivity index (χ0n) is 10.8. The van der Waals surface area contributed by atoms with Crippen LogP contribution in [0.25, 0.3) is 0 Å². The highest BCUT2D eigenvalue weighted by Crippen LogP contribution is 2.29. The number of anilines is 2. The Labute approximate surface area is 125 Å². The molecular formula is C14H11ClFN3O2. The molecule has 3 rings (SSSR count). The van der Waals surface area contributed by atoms with Gasteiger partial charge < -0.3 is 10.1 Å². The van der Waals surface area contributed by atoms with Crippen molar-refractivity contribution in [2.75, 3.05) is 23.4 Å². The Balaban J connectivity index is 1.81. The van der Waals surface area contributed by atoms with Crippen molar-refractivity contribution in [1.29, 1.82) is 0 Å². The number of nitrogens with zero attached hydrogens (tertiary/aromatic N) is 2. The van der Waals surface area contributed by atoms with E-state index in [1.165, 1.54) is 23.1 Å². The standard InChI is InChI=1S/C14H11ClFN3O2/c15-10-8-9(3-4-11(10)16)18-14(20)19-6-7-21-12-2-1-5-17-13(12)19/h1-5,8H,6-7H2,(H,18,20). The monoisotopic (exact) mass is 307 g/mol. The largest absolute Gasteiger partial charge is 0.488 e. The van der Waals surface area contributed by atoms with Crippen LogP contribution in [-0.4, -0.2) is 24.2 Å². The summed E-state index contributed by atoms with van der Waals surface area (Å²) in [5, 5.41) is 2.61. The van der Waals surface area contributed by atoms with E-state index in [-0.39, 0.29) is 11.1 Å². The van der Waals surface area contributed by atoms with Crippen LogP contribution < -0.4 is 15.0 Å². The molecule has 1 aliphatic rings. The smallest absolute Gasteiger partial charge is 0.327 e. The molecule has 1 aromatic carbocycles. The van der Waals surface area contributed by atoms with Crippen molar-refractivity contribution in [1.82, 2.24) is 4.98 Å². The number of amides is 2. The zero-order chi connectivity index (χ0) is 14.8. The van der Waals surface area contributed by atoms with Crippen LogP contribution in [0.3, 0.4) is 0 Å². The predicted molar refractivity (Wildman–Crippen MR) is 77.5 cm³/mol. The molecule has 2 amide bonds. The number of carbonyl (C=O) groups excluding carboxylic acids is 1. The topological polar surface area (TPSA) is 54.5 Å². The molecule has 0 unspecified atom stereocenters. The van der Waals surface area contributed by atoms with E-state index in [1.807, 2.05) is 0 Å². The van der Waals surface area contributed by atoms with E-state index in [1.54, 1.807) is 18.3 Å². The fourth-order valence-electron chi connectivity index (χ4n) is 2.01. The lowest BCUT2D eigenvalue weighted by molar-refractivity contribution is 0.249. The Morgan fingerprint density at radius 3 is 3.10 bits per heavy atom. The maximum absolute atomic E-state index is 13.1. The number of fused-ring (bicyclic) bond motifs is 1. The summed E-state index contributed by atoms with van der Waals surface area (Å²) in [5.41, 5.74) is 0.412. The van der Waals surface area contributed by atoms with Gasteiger partial charge in [0.05, 0.1) is 11.6 Å². The number of hydrogen-bond acceptors (Lipinski definition) is 3. The lowest BCUT2D eigenvalue weighted by atomic mass is 10.3. The zero-order valence-corrected chi connectivity index (χ0v) is 11.6.